The molecule has 1 aliphatic heterocycles. The topological polar surface area (TPSA) is 67.4 Å². The van der Waals surface area contributed by atoms with E-state index >= 15 is 0 Å². The summed E-state index contributed by atoms with van der Waals surface area (Å²) in [5.41, 5.74) is 2.15. The van der Waals surface area contributed by atoms with E-state index in [0.717, 1.165) is 47.9 Å². The predicted octanol–water partition coefficient (Wildman–Crippen LogP) is 2.62. The molecule has 0 spiro atoms. The highest BCUT2D eigenvalue weighted by molar-refractivity contribution is 6.14. The van der Waals surface area contributed by atoms with Crippen molar-refractivity contribution >= 4 is 27.7 Å². The van der Waals surface area contributed by atoms with Gasteiger partial charge in [-0.05, 0) is 45.1 Å². The van der Waals surface area contributed by atoms with Gasteiger partial charge in [0.25, 0.3) is 5.91 Å². The smallest absolute Gasteiger partial charge is 0.252 e. The minimum Gasteiger partial charge on any atom is -0.381 e. The van der Waals surface area contributed by atoms with Gasteiger partial charge in [-0.25, -0.2) is 0 Å². The van der Waals surface area contributed by atoms with Crippen LogP contribution in [-0.4, -0.2) is 60.2 Å². The van der Waals surface area contributed by atoms with Crippen LogP contribution in [0.2, 0.25) is 0 Å². The van der Waals surface area contributed by atoms with Crippen molar-refractivity contribution in [2.45, 2.75) is 18.4 Å². The number of benzene rings is 1. The molecule has 1 fully saturated rings. The molecule has 0 atom stereocenters. The van der Waals surface area contributed by atoms with Crippen molar-refractivity contribution in [3.05, 3.63) is 48.3 Å². The number of pyridine rings is 2. The average molecular weight is 364 g/mol. The van der Waals surface area contributed by atoms with Crippen LogP contribution >= 0.6 is 0 Å². The summed E-state index contributed by atoms with van der Waals surface area (Å²) in [7, 11) is 4.14. The lowest BCUT2D eigenvalue weighted by Gasteiger charge is -2.42. The molecule has 3 heterocycles. The van der Waals surface area contributed by atoms with Gasteiger partial charge >= 0.3 is 0 Å². The first kappa shape index (κ1) is 17.8. The fraction of sp³-hybridized carbons (Fsp3) is 0.381. The van der Waals surface area contributed by atoms with Crippen LogP contribution in [0.25, 0.3) is 21.8 Å². The highest BCUT2D eigenvalue weighted by Crippen LogP contribution is 2.27. The molecule has 2 aromatic heterocycles. The fourth-order valence-electron chi connectivity index (χ4n) is 3.84. The number of nitrogens with zero attached hydrogens (tertiary/aromatic N) is 3. The van der Waals surface area contributed by atoms with Crippen LogP contribution in [0, 0.1) is 0 Å². The molecular weight excluding hydrogens is 340 g/mol. The van der Waals surface area contributed by atoms with Gasteiger partial charge < -0.3 is 15.0 Å². The number of ether oxygens (including phenoxy) is 1. The summed E-state index contributed by atoms with van der Waals surface area (Å²) in [6, 6.07) is 9.54. The van der Waals surface area contributed by atoms with Crippen molar-refractivity contribution < 1.29 is 9.53 Å². The Hall–Kier alpha value is -2.57. The molecule has 0 aliphatic carbocycles. The summed E-state index contributed by atoms with van der Waals surface area (Å²) >= 11 is 0. The van der Waals surface area contributed by atoms with Gasteiger partial charge in [0.1, 0.15) is 0 Å². The largest absolute Gasteiger partial charge is 0.381 e. The Morgan fingerprint density at radius 2 is 1.85 bits per heavy atom. The van der Waals surface area contributed by atoms with Crippen LogP contribution in [0.15, 0.2) is 42.7 Å². The summed E-state index contributed by atoms with van der Waals surface area (Å²) in [6.45, 7) is 2.04. The van der Waals surface area contributed by atoms with Crippen LogP contribution in [0.4, 0.5) is 0 Å². The second-order valence-corrected chi connectivity index (χ2v) is 7.31. The van der Waals surface area contributed by atoms with Gasteiger partial charge in [0.2, 0.25) is 0 Å². The maximum atomic E-state index is 13.1. The molecule has 6 heteroatoms. The molecule has 0 unspecified atom stereocenters. The Morgan fingerprint density at radius 1 is 1.15 bits per heavy atom. The van der Waals surface area contributed by atoms with Crippen LogP contribution in [0.5, 0.6) is 0 Å². The number of likely N-dealkylation sites (N-methyl/N-ethyl adjacent to an activating group) is 1. The second-order valence-electron chi connectivity index (χ2n) is 7.31. The fourth-order valence-corrected chi connectivity index (χ4v) is 3.84. The number of aromatic nitrogens is 2. The first-order valence-electron chi connectivity index (χ1n) is 9.27. The van der Waals surface area contributed by atoms with Crippen molar-refractivity contribution in [3.63, 3.8) is 0 Å². The molecule has 1 aliphatic rings. The van der Waals surface area contributed by atoms with Crippen molar-refractivity contribution in [3.8, 4) is 0 Å². The SMILES string of the molecule is CN(C)C1(CNC(=O)c2cc3cccnc3c3ncccc23)CCOCC1. The summed E-state index contributed by atoms with van der Waals surface area (Å²) in [5.74, 6) is -0.0773. The standard InChI is InChI=1S/C21H24N4O2/c1-25(2)21(7-11-27-12-8-21)14-24-20(26)17-13-15-5-3-9-22-18(15)19-16(17)6-4-10-23-19/h3-6,9-10,13H,7-8,11-12,14H2,1-2H3,(H,24,26). The number of hydrogen-bond acceptors (Lipinski definition) is 5. The average Bonchev–Trinajstić information content (AvgIpc) is 2.72. The monoisotopic (exact) mass is 364 g/mol. The van der Waals surface area contributed by atoms with E-state index in [0.29, 0.717) is 12.1 Å². The number of carbonyl (C=O) groups is 1. The molecule has 0 bridgehead atoms. The van der Waals surface area contributed by atoms with Gasteiger partial charge in [-0.2, -0.15) is 0 Å². The van der Waals surface area contributed by atoms with Crippen LogP contribution in [0.1, 0.15) is 23.2 Å². The number of carbonyl (C=O) groups excluding carboxylic acids is 1. The second kappa shape index (κ2) is 7.21. The number of fused-ring (bicyclic) bond motifs is 3. The molecule has 1 saturated heterocycles. The summed E-state index contributed by atoms with van der Waals surface area (Å²) in [6.07, 6.45) is 5.30. The minimum absolute atomic E-state index is 0.0691. The number of hydrogen-bond donors (Lipinski definition) is 1. The van der Waals surface area contributed by atoms with E-state index in [4.69, 9.17) is 4.74 Å². The van der Waals surface area contributed by atoms with Crippen LogP contribution < -0.4 is 5.32 Å². The molecule has 1 amide bonds. The quantitative estimate of drug-likeness (QED) is 0.721. The Bertz CT molecular complexity index is 980. The molecule has 140 valence electrons. The highest BCUT2D eigenvalue weighted by Gasteiger charge is 2.35. The molecule has 1 aromatic carbocycles. The lowest BCUT2D eigenvalue weighted by atomic mass is 9.88. The zero-order valence-electron chi connectivity index (χ0n) is 15.7. The Kier molecular flexibility index (Phi) is 4.76. The first-order valence-corrected chi connectivity index (χ1v) is 9.27. The molecule has 4 rings (SSSR count). The lowest BCUT2D eigenvalue weighted by molar-refractivity contribution is -0.00657. The van der Waals surface area contributed by atoms with E-state index in [9.17, 15) is 4.79 Å². The predicted molar refractivity (Wildman–Crippen MR) is 106 cm³/mol. The molecule has 1 N–H and O–H groups in total. The molecule has 6 nitrogen and oxygen atoms in total. The first-order chi connectivity index (χ1) is 13.1. The van der Waals surface area contributed by atoms with Crippen molar-refractivity contribution in [1.29, 1.82) is 0 Å². The van der Waals surface area contributed by atoms with E-state index < -0.39 is 0 Å². The van der Waals surface area contributed by atoms with Gasteiger partial charge in [-0.1, -0.05) is 12.1 Å². The van der Waals surface area contributed by atoms with Crippen LogP contribution in [-0.2, 0) is 4.74 Å². The van der Waals surface area contributed by atoms with Gasteiger partial charge in [-0.3, -0.25) is 14.8 Å². The Labute approximate surface area is 158 Å². The van der Waals surface area contributed by atoms with Gasteiger partial charge in [0.15, 0.2) is 0 Å². The summed E-state index contributed by atoms with van der Waals surface area (Å²) in [4.78, 5) is 24.2. The third kappa shape index (κ3) is 3.26. The Balaban J connectivity index is 1.68. The van der Waals surface area contributed by atoms with Crippen molar-refractivity contribution in [1.82, 2.24) is 20.2 Å². The minimum atomic E-state index is -0.0773. The molecule has 0 saturated carbocycles. The molecule has 27 heavy (non-hydrogen) atoms. The molecular formula is C21H24N4O2. The van der Waals surface area contributed by atoms with Crippen LogP contribution in [0.3, 0.4) is 0 Å². The zero-order valence-corrected chi connectivity index (χ0v) is 15.7. The van der Waals surface area contributed by atoms with E-state index in [2.05, 4.69) is 34.3 Å². The van der Waals surface area contributed by atoms with Crippen molar-refractivity contribution in [2.24, 2.45) is 0 Å². The number of nitrogens with one attached hydrogen (secondary N) is 1. The normalized spacial score (nSPS) is 16.7. The highest BCUT2D eigenvalue weighted by atomic mass is 16.5. The maximum absolute atomic E-state index is 13.1. The number of rotatable bonds is 4. The Morgan fingerprint density at radius 3 is 2.59 bits per heavy atom. The van der Waals surface area contributed by atoms with E-state index in [1.807, 2.05) is 30.3 Å². The van der Waals surface area contributed by atoms with Gasteiger partial charge in [0, 0.05) is 54.0 Å². The van der Waals surface area contributed by atoms with E-state index in [1.165, 1.54) is 0 Å². The molecule has 3 aromatic rings. The third-order valence-corrected chi connectivity index (χ3v) is 5.66. The zero-order chi connectivity index (χ0) is 18.9. The van der Waals surface area contributed by atoms with E-state index in [-0.39, 0.29) is 11.4 Å². The van der Waals surface area contributed by atoms with Crippen molar-refractivity contribution in [2.75, 3.05) is 33.9 Å². The lowest BCUT2D eigenvalue weighted by Crippen LogP contribution is -2.55. The van der Waals surface area contributed by atoms with Gasteiger partial charge in [-0.15, -0.1) is 0 Å². The maximum Gasteiger partial charge on any atom is 0.252 e. The number of amides is 1. The molecule has 0 radical (unpaired) electrons. The summed E-state index contributed by atoms with van der Waals surface area (Å²) in [5, 5.41) is 4.91. The summed E-state index contributed by atoms with van der Waals surface area (Å²) < 4.78 is 5.52. The third-order valence-electron chi connectivity index (χ3n) is 5.66. The van der Waals surface area contributed by atoms with Gasteiger partial charge in [0.05, 0.1) is 11.0 Å². The van der Waals surface area contributed by atoms with E-state index in [1.54, 1.807) is 12.4 Å².